The van der Waals surface area contributed by atoms with Crippen molar-refractivity contribution in [2.24, 2.45) is 5.84 Å². The van der Waals surface area contributed by atoms with Gasteiger partial charge in [0.1, 0.15) is 0 Å². The minimum Gasteiger partial charge on any atom is -0.324 e. The van der Waals surface area contributed by atoms with Gasteiger partial charge in [-0.05, 0) is 12.1 Å². The number of nitro groups is 1. The van der Waals surface area contributed by atoms with Crippen LogP contribution < -0.4 is 16.0 Å². The van der Waals surface area contributed by atoms with Crippen molar-refractivity contribution in [3.05, 3.63) is 28.3 Å². The van der Waals surface area contributed by atoms with Crippen LogP contribution in [0.4, 0.5) is 24.5 Å². The summed E-state index contributed by atoms with van der Waals surface area (Å²) in [5, 5.41) is 10.8. The molecule has 4 N–H and O–H groups in total. The van der Waals surface area contributed by atoms with E-state index < -0.39 is 44.7 Å². The van der Waals surface area contributed by atoms with E-state index in [-0.39, 0.29) is 5.69 Å². The van der Waals surface area contributed by atoms with E-state index >= 15 is 0 Å². The maximum absolute atomic E-state index is 12.0. The highest BCUT2D eigenvalue weighted by molar-refractivity contribution is 7.89. The van der Waals surface area contributed by atoms with Crippen molar-refractivity contribution >= 4 is 21.4 Å². The number of alkyl halides is 3. The fraction of sp³-hybridized carbons (Fsp3) is 0.333. The number of halogens is 3. The van der Waals surface area contributed by atoms with E-state index in [2.05, 4.69) is 5.43 Å². The van der Waals surface area contributed by atoms with E-state index in [4.69, 9.17) is 5.84 Å². The number of hydrazine groups is 1. The van der Waals surface area contributed by atoms with Gasteiger partial charge in [0.15, 0.2) is 4.90 Å². The Bertz CT molecular complexity index is 632. The quantitative estimate of drug-likeness (QED) is 0.408. The minimum absolute atomic E-state index is 0.0796. The van der Waals surface area contributed by atoms with Gasteiger partial charge in [0.2, 0.25) is 10.0 Å². The van der Waals surface area contributed by atoms with Crippen LogP contribution in [0.5, 0.6) is 0 Å². The molecule has 0 amide bonds. The third kappa shape index (κ3) is 4.84. The second-order valence-corrected chi connectivity index (χ2v) is 5.58. The summed E-state index contributed by atoms with van der Waals surface area (Å²) in [5.41, 5.74) is 1.37. The molecular formula is C9H11F3N4O4S. The number of nitrogens with one attached hydrogen (secondary N) is 2. The molecular weight excluding hydrogens is 317 g/mol. The maximum atomic E-state index is 12.0. The molecule has 0 aliphatic carbocycles. The molecule has 8 nitrogen and oxygen atoms in total. The molecule has 1 aromatic rings. The van der Waals surface area contributed by atoms with Crippen molar-refractivity contribution in [2.45, 2.75) is 17.5 Å². The molecule has 0 bridgehead atoms. The summed E-state index contributed by atoms with van der Waals surface area (Å²) < 4.78 is 61.2. The van der Waals surface area contributed by atoms with E-state index in [1.54, 1.807) is 4.72 Å². The van der Waals surface area contributed by atoms with Crippen LogP contribution in [0.15, 0.2) is 23.1 Å². The lowest BCUT2D eigenvalue weighted by atomic mass is 10.3. The summed E-state index contributed by atoms with van der Waals surface area (Å²) in [6.45, 7) is -0.917. The zero-order valence-electron chi connectivity index (χ0n) is 10.3. The van der Waals surface area contributed by atoms with Gasteiger partial charge in [-0.25, -0.2) is 13.1 Å². The Labute approximate surface area is 117 Å². The van der Waals surface area contributed by atoms with Crippen LogP contribution in [0, 0.1) is 10.1 Å². The lowest BCUT2D eigenvalue weighted by Crippen LogP contribution is -2.28. The summed E-state index contributed by atoms with van der Waals surface area (Å²) in [4.78, 5) is 9.12. The SMILES string of the molecule is NNc1ccc(S(=O)(=O)NCCC(F)(F)F)c([N+](=O)[O-])c1. The van der Waals surface area contributed by atoms with E-state index in [0.717, 1.165) is 18.2 Å². The number of nitrogens with two attached hydrogens (primary N) is 1. The first-order valence-electron chi connectivity index (χ1n) is 5.38. The largest absolute Gasteiger partial charge is 0.390 e. The Morgan fingerprint density at radius 1 is 1.33 bits per heavy atom. The monoisotopic (exact) mass is 328 g/mol. The van der Waals surface area contributed by atoms with Gasteiger partial charge in [-0.15, -0.1) is 0 Å². The van der Waals surface area contributed by atoms with Crippen molar-refractivity contribution < 1.29 is 26.5 Å². The van der Waals surface area contributed by atoms with E-state index in [1.807, 2.05) is 0 Å². The van der Waals surface area contributed by atoms with Crippen LogP contribution in [0.2, 0.25) is 0 Å². The van der Waals surface area contributed by atoms with Gasteiger partial charge in [-0.1, -0.05) is 0 Å². The van der Waals surface area contributed by atoms with Gasteiger partial charge in [0, 0.05) is 12.6 Å². The summed E-state index contributed by atoms with van der Waals surface area (Å²) in [6.07, 6.45) is -5.93. The summed E-state index contributed by atoms with van der Waals surface area (Å²) in [6, 6.07) is 2.88. The van der Waals surface area contributed by atoms with Crippen molar-refractivity contribution in [3.8, 4) is 0 Å². The van der Waals surface area contributed by atoms with Gasteiger partial charge >= 0.3 is 6.18 Å². The average molecular weight is 328 g/mol. The van der Waals surface area contributed by atoms with E-state index in [1.165, 1.54) is 0 Å². The highest BCUT2D eigenvalue weighted by Gasteiger charge is 2.30. The zero-order valence-corrected chi connectivity index (χ0v) is 11.2. The number of hydrogen-bond donors (Lipinski definition) is 3. The fourth-order valence-electron chi connectivity index (χ4n) is 1.38. The molecule has 0 unspecified atom stereocenters. The minimum atomic E-state index is -4.54. The molecule has 0 fully saturated rings. The van der Waals surface area contributed by atoms with Crippen molar-refractivity contribution in [2.75, 3.05) is 12.0 Å². The smallest absolute Gasteiger partial charge is 0.324 e. The molecule has 12 heteroatoms. The normalized spacial score (nSPS) is 12.2. The number of nitrogen functional groups attached to an aromatic ring is 1. The third-order valence-corrected chi connectivity index (χ3v) is 3.82. The first-order chi connectivity index (χ1) is 9.57. The lowest BCUT2D eigenvalue weighted by Gasteiger charge is -2.10. The Kier molecular flexibility index (Phi) is 5.09. The topological polar surface area (TPSA) is 127 Å². The standard InChI is InChI=1S/C9H11F3N4O4S/c10-9(11,12)3-4-14-21(19,20)8-2-1-6(15-13)5-7(8)16(17)18/h1-2,5,14-15H,3-4,13H2. The van der Waals surface area contributed by atoms with E-state index in [9.17, 15) is 31.7 Å². The predicted octanol–water partition coefficient (Wildman–Crippen LogP) is 1.11. The number of sulfonamides is 1. The Morgan fingerprint density at radius 3 is 2.43 bits per heavy atom. The lowest BCUT2D eigenvalue weighted by molar-refractivity contribution is -0.387. The molecule has 0 heterocycles. The first kappa shape index (κ1) is 17.1. The third-order valence-electron chi connectivity index (χ3n) is 2.31. The highest BCUT2D eigenvalue weighted by Crippen LogP contribution is 2.27. The van der Waals surface area contributed by atoms with Gasteiger partial charge in [0.05, 0.1) is 17.0 Å². The van der Waals surface area contributed by atoms with Crippen molar-refractivity contribution in [1.82, 2.24) is 4.72 Å². The van der Waals surface area contributed by atoms with Crippen LogP contribution in [0.1, 0.15) is 6.42 Å². The maximum Gasteiger partial charge on any atom is 0.390 e. The second-order valence-electron chi connectivity index (χ2n) is 3.85. The molecule has 118 valence electrons. The zero-order chi connectivity index (χ0) is 16.3. The summed E-state index contributed by atoms with van der Waals surface area (Å²) in [7, 11) is -4.44. The van der Waals surface area contributed by atoms with Gasteiger partial charge in [-0.3, -0.25) is 16.0 Å². The van der Waals surface area contributed by atoms with Crippen LogP contribution in [-0.2, 0) is 10.0 Å². The van der Waals surface area contributed by atoms with E-state index in [0.29, 0.717) is 0 Å². The average Bonchev–Trinajstić information content (AvgIpc) is 2.36. The molecule has 1 aromatic carbocycles. The molecule has 1 rings (SSSR count). The molecule has 0 saturated heterocycles. The van der Waals surface area contributed by atoms with Gasteiger partial charge in [0.25, 0.3) is 5.69 Å². The predicted molar refractivity (Wildman–Crippen MR) is 66.8 cm³/mol. The first-order valence-corrected chi connectivity index (χ1v) is 6.86. The Morgan fingerprint density at radius 2 is 1.95 bits per heavy atom. The Hall–Kier alpha value is -1.92. The second kappa shape index (κ2) is 6.24. The van der Waals surface area contributed by atoms with Crippen molar-refractivity contribution in [3.63, 3.8) is 0 Å². The fourth-order valence-corrected chi connectivity index (χ4v) is 2.56. The summed E-state index contributed by atoms with van der Waals surface area (Å²) in [5.74, 6) is 5.04. The highest BCUT2D eigenvalue weighted by atomic mass is 32.2. The molecule has 21 heavy (non-hydrogen) atoms. The van der Waals surface area contributed by atoms with Crippen molar-refractivity contribution in [1.29, 1.82) is 0 Å². The molecule has 0 radical (unpaired) electrons. The number of rotatable bonds is 6. The van der Waals surface area contributed by atoms with Gasteiger partial charge in [-0.2, -0.15) is 13.2 Å². The molecule has 0 aliphatic rings. The van der Waals surface area contributed by atoms with Crippen LogP contribution in [0.25, 0.3) is 0 Å². The number of anilines is 1. The number of nitro benzene ring substituents is 1. The molecule has 0 saturated carbocycles. The van der Waals surface area contributed by atoms with Gasteiger partial charge < -0.3 is 5.43 Å². The molecule has 0 atom stereocenters. The summed E-state index contributed by atoms with van der Waals surface area (Å²) >= 11 is 0. The van der Waals surface area contributed by atoms with Crippen LogP contribution in [-0.4, -0.2) is 26.1 Å². The number of nitrogens with zero attached hydrogens (tertiary/aromatic N) is 1. The van der Waals surface area contributed by atoms with Crippen LogP contribution >= 0.6 is 0 Å². The molecule has 0 aliphatic heterocycles. The molecule has 0 spiro atoms. The molecule has 0 aromatic heterocycles. The number of benzene rings is 1. The van der Waals surface area contributed by atoms with Crippen LogP contribution in [0.3, 0.4) is 0 Å². The number of hydrogen-bond acceptors (Lipinski definition) is 6. The Balaban J connectivity index is 3.05.